The van der Waals surface area contributed by atoms with Crippen LogP contribution >= 0.6 is 0 Å². The number of ether oxygens (including phenoxy) is 2. The molecule has 0 bridgehead atoms. The van der Waals surface area contributed by atoms with Gasteiger partial charge >= 0.3 is 0 Å². The van der Waals surface area contributed by atoms with Crippen LogP contribution in [-0.2, 0) is 9.53 Å². The molecule has 1 rings (SSSR count). The number of nitrogens with two attached hydrogens (primary N) is 2. The summed E-state index contributed by atoms with van der Waals surface area (Å²) in [7, 11) is 0. The lowest BCUT2D eigenvalue weighted by molar-refractivity contribution is -0.119. The Morgan fingerprint density at radius 2 is 2.05 bits per heavy atom. The van der Waals surface area contributed by atoms with Gasteiger partial charge in [0.05, 0.1) is 11.8 Å². The van der Waals surface area contributed by atoms with Crippen molar-refractivity contribution in [3.63, 3.8) is 0 Å². The molecule has 0 aliphatic heterocycles. The van der Waals surface area contributed by atoms with Gasteiger partial charge < -0.3 is 26.3 Å². The minimum atomic E-state index is -0.593. The average molecular weight is 309 g/mol. The van der Waals surface area contributed by atoms with Crippen LogP contribution in [0.3, 0.4) is 0 Å². The maximum Gasteiger partial charge on any atom is 0.255 e. The van der Waals surface area contributed by atoms with E-state index in [0.717, 1.165) is 6.42 Å². The molecule has 2 amide bonds. The van der Waals surface area contributed by atoms with Crippen LogP contribution < -0.4 is 21.5 Å². The number of nitrogens with one attached hydrogen (secondary N) is 1. The Morgan fingerprint density at radius 3 is 2.64 bits per heavy atom. The summed E-state index contributed by atoms with van der Waals surface area (Å²) in [6.07, 6.45) is 0.919. The van der Waals surface area contributed by atoms with Gasteiger partial charge in [-0.1, -0.05) is 0 Å². The highest BCUT2D eigenvalue weighted by molar-refractivity contribution is 5.95. The third kappa shape index (κ3) is 6.45. The zero-order valence-corrected chi connectivity index (χ0v) is 12.9. The van der Waals surface area contributed by atoms with Gasteiger partial charge in [0.2, 0.25) is 0 Å². The highest BCUT2D eigenvalue weighted by atomic mass is 16.5. The van der Waals surface area contributed by atoms with E-state index in [-0.39, 0.29) is 24.3 Å². The number of rotatable bonds is 9. The Morgan fingerprint density at radius 1 is 1.32 bits per heavy atom. The molecule has 0 spiro atoms. The van der Waals surface area contributed by atoms with Crippen LogP contribution in [0.15, 0.2) is 18.2 Å². The Balaban J connectivity index is 2.45. The van der Waals surface area contributed by atoms with Crippen LogP contribution in [0.2, 0.25) is 0 Å². The number of primary amides is 1. The van der Waals surface area contributed by atoms with E-state index in [9.17, 15) is 9.59 Å². The summed E-state index contributed by atoms with van der Waals surface area (Å²) in [6, 6.07) is 4.61. The lowest BCUT2D eigenvalue weighted by Gasteiger charge is -2.10. The number of anilines is 1. The van der Waals surface area contributed by atoms with E-state index in [1.54, 1.807) is 6.07 Å². The Bertz CT molecular complexity index is 518. The van der Waals surface area contributed by atoms with Crippen molar-refractivity contribution in [2.24, 2.45) is 5.73 Å². The van der Waals surface area contributed by atoms with Gasteiger partial charge in [0, 0.05) is 18.7 Å². The van der Waals surface area contributed by atoms with Crippen molar-refractivity contribution in [2.45, 2.75) is 26.4 Å². The first kappa shape index (κ1) is 17.8. The summed E-state index contributed by atoms with van der Waals surface area (Å²) in [5.74, 6) is -0.497. The van der Waals surface area contributed by atoms with Gasteiger partial charge in [-0.2, -0.15) is 0 Å². The van der Waals surface area contributed by atoms with Gasteiger partial charge in [-0.25, -0.2) is 0 Å². The Labute approximate surface area is 129 Å². The summed E-state index contributed by atoms with van der Waals surface area (Å²) >= 11 is 0. The Kier molecular flexibility index (Phi) is 7.18. The second-order valence-electron chi connectivity index (χ2n) is 5.04. The van der Waals surface area contributed by atoms with E-state index in [1.165, 1.54) is 12.1 Å². The van der Waals surface area contributed by atoms with Crippen LogP contribution in [-0.4, -0.2) is 37.7 Å². The van der Waals surface area contributed by atoms with Crippen molar-refractivity contribution in [3.8, 4) is 5.75 Å². The number of benzene rings is 1. The van der Waals surface area contributed by atoms with E-state index >= 15 is 0 Å². The van der Waals surface area contributed by atoms with Crippen molar-refractivity contribution in [3.05, 3.63) is 23.8 Å². The monoisotopic (exact) mass is 309 g/mol. The maximum atomic E-state index is 11.9. The summed E-state index contributed by atoms with van der Waals surface area (Å²) in [4.78, 5) is 22.6. The van der Waals surface area contributed by atoms with Crippen molar-refractivity contribution in [2.75, 3.05) is 25.5 Å². The highest BCUT2D eigenvalue weighted by Crippen LogP contribution is 2.22. The SMILES string of the molecule is CC(C)OCCCNC(=O)c1ccc(OCC(N)=O)c(N)c1. The molecule has 0 aliphatic rings. The summed E-state index contributed by atoms with van der Waals surface area (Å²) in [6.45, 7) is 4.78. The average Bonchev–Trinajstić information content (AvgIpc) is 2.44. The van der Waals surface area contributed by atoms with E-state index in [4.69, 9.17) is 20.9 Å². The molecule has 0 heterocycles. The van der Waals surface area contributed by atoms with Crippen molar-refractivity contribution >= 4 is 17.5 Å². The summed E-state index contributed by atoms with van der Waals surface area (Å²) in [5.41, 5.74) is 11.5. The van der Waals surface area contributed by atoms with Crippen LogP contribution in [0.1, 0.15) is 30.6 Å². The van der Waals surface area contributed by atoms with E-state index in [2.05, 4.69) is 5.32 Å². The molecule has 7 nitrogen and oxygen atoms in total. The first-order valence-corrected chi connectivity index (χ1v) is 7.10. The lowest BCUT2D eigenvalue weighted by atomic mass is 10.1. The Hall–Kier alpha value is -2.28. The van der Waals surface area contributed by atoms with Gasteiger partial charge in [-0.3, -0.25) is 9.59 Å². The smallest absolute Gasteiger partial charge is 0.255 e. The molecule has 1 aromatic carbocycles. The fourth-order valence-electron chi connectivity index (χ4n) is 1.67. The van der Waals surface area contributed by atoms with Crippen molar-refractivity contribution < 1.29 is 19.1 Å². The maximum absolute atomic E-state index is 11.9. The molecule has 0 radical (unpaired) electrons. The number of carbonyl (C=O) groups excluding carboxylic acids is 2. The lowest BCUT2D eigenvalue weighted by Crippen LogP contribution is -2.25. The predicted octanol–water partition coefficient (Wildman–Crippen LogP) is 0.678. The molecule has 0 aliphatic carbocycles. The summed E-state index contributed by atoms with van der Waals surface area (Å²) < 4.78 is 10.5. The van der Waals surface area contributed by atoms with Gasteiger partial charge in [-0.05, 0) is 38.5 Å². The van der Waals surface area contributed by atoms with Gasteiger partial charge in [0.15, 0.2) is 6.61 Å². The number of hydrogen-bond acceptors (Lipinski definition) is 5. The van der Waals surface area contributed by atoms with Crippen molar-refractivity contribution in [1.29, 1.82) is 0 Å². The van der Waals surface area contributed by atoms with Crippen LogP contribution in [0.4, 0.5) is 5.69 Å². The van der Waals surface area contributed by atoms with Crippen LogP contribution in [0.5, 0.6) is 5.75 Å². The fraction of sp³-hybridized carbons (Fsp3) is 0.467. The van der Waals surface area contributed by atoms with Crippen molar-refractivity contribution in [1.82, 2.24) is 5.32 Å². The predicted molar refractivity (Wildman–Crippen MR) is 83.6 cm³/mol. The molecule has 0 aromatic heterocycles. The molecular formula is C15H23N3O4. The number of hydrogen-bond donors (Lipinski definition) is 3. The molecule has 0 atom stereocenters. The molecule has 122 valence electrons. The third-order valence-corrected chi connectivity index (χ3v) is 2.70. The normalized spacial score (nSPS) is 10.5. The van der Waals surface area contributed by atoms with E-state index in [0.29, 0.717) is 24.5 Å². The molecule has 7 heteroatoms. The topological polar surface area (TPSA) is 117 Å². The van der Waals surface area contributed by atoms with Crippen LogP contribution in [0.25, 0.3) is 0 Å². The molecule has 22 heavy (non-hydrogen) atoms. The molecule has 5 N–H and O–H groups in total. The molecular weight excluding hydrogens is 286 g/mol. The quantitative estimate of drug-likeness (QED) is 0.458. The minimum Gasteiger partial charge on any atom is -0.482 e. The number of nitrogen functional groups attached to an aromatic ring is 1. The highest BCUT2D eigenvalue weighted by Gasteiger charge is 2.09. The second kappa shape index (κ2) is 8.89. The van der Waals surface area contributed by atoms with Gasteiger partial charge in [0.1, 0.15) is 5.75 Å². The first-order valence-electron chi connectivity index (χ1n) is 7.10. The van der Waals surface area contributed by atoms with Crippen LogP contribution in [0, 0.1) is 0 Å². The molecule has 0 saturated heterocycles. The van der Waals surface area contributed by atoms with E-state index < -0.39 is 5.91 Å². The van der Waals surface area contributed by atoms with Gasteiger partial charge in [-0.15, -0.1) is 0 Å². The van der Waals surface area contributed by atoms with Gasteiger partial charge in [0.25, 0.3) is 11.8 Å². The number of amides is 2. The largest absolute Gasteiger partial charge is 0.482 e. The zero-order chi connectivity index (χ0) is 16.5. The van der Waals surface area contributed by atoms with E-state index in [1.807, 2.05) is 13.8 Å². The summed E-state index contributed by atoms with van der Waals surface area (Å²) in [5, 5.41) is 2.78. The first-order chi connectivity index (χ1) is 10.4. The molecule has 0 unspecified atom stereocenters. The molecule has 0 saturated carbocycles. The third-order valence-electron chi connectivity index (χ3n) is 2.70. The molecule has 0 fully saturated rings. The second-order valence-corrected chi connectivity index (χ2v) is 5.04. The standard InChI is InChI=1S/C15H23N3O4/c1-10(2)21-7-3-6-18-15(20)11-4-5-13(12(16)8-11)22-9-14(17)19/h4-5,8,10H,3,6-7,9,16H2,1-2H3,(H2,17,19)(H,18,20). The zero-order valence-electron chi connectivity index (χ0n) is 12.9. The number of carbonyl (C=O) groups is 2. The fourth-order valence-corrected chi connectivity index (χ4v) is 1.67. The molecule has 1 aromatic rings. The minimum absolute atomic E-state index is 0.184.